The molecule has 1 fully saturated rings. The van der Waals surface area contributed by atoms with E-state index >= 15 is 0 Å². The molecule has 0 bridgehead atoms. The van der Waals surface area contributed by atoms with Crippen LogP contribution in [0, 0.1) is 0 Å². The maximum Gasteiger partial charge on any atom is 0.220 e. The maximum atomic E-state index is 12.3. The first kappa shape index (κ1) is 19.7. The number of fused-ring (bicyclic) bond motifs is 1. The van der Waals surface area contributed by atoms with Crippen molar-refractivity contribution in [2.45, 2.75) is 31.9 Å². The number of morpholine rings is 1. The monoisotopic (exact) mass is 391 g/mol. The van der Waals surface area contributed by atoms with Crippen molar-refractivity contribution in [3.8, 4) is 0 Å². The summed E-state index contributed by atoms with van der Waals surface area (Å²) in [6, 6.07) is 18.8. The Hall–Kier alpha value is -2.63. The molecule has 2 N–H and O–H groups in total. The van der Waals surface area contributed by atoms with Gasteiger partial charge in [0.15, 0.2) is 0 Å². The van der Waals surface area contributed by atoms with Gasteiger partial charge in [0.05, 0.1) is 12.7 Å². The summed E-state index contributed by atoms with van der Waals surface area (Å²) in [6.07, 6.45) is 4.41. The fourth-order valence-electron chi connectivity index (χ4n) is 3.98. The Bertz CT molecular complexity index is 922. The minimum atomic E-state index is 0.0602. The minimum Gasteiger partial charge on any atom is -0.374 e. The Labute approximate surface area is 172 Å². The number of carbonyl (C=O) groups is 1. The average Bonchev–Trinajstić information content (AvgIpc) is 3.17. The summed E-state index contributed by atoms with van der Waals surface area (Å²) >= 11 is 0. The topological polar surface area (TPSA) is 57.4 Å². The fourth-order valence-corrected chi connectivity index (χ4v) is 3.98. The summed E-state index contributed by atoms with van der Waals surface area (Å²) in [6.45, 7) is 4.01. The zero-order valence-corrected chi connectivity index (χ0v) is 16.8. The Balaban J connectivity index is 1.17. The van der Waals surface area contributed by atoms with E-state index in [0.29, 0.717) is 19.6 Å². The van der Waals surface area contributed by atoms with Crippen LogP contribution in [0.25, 0.3) is 10.9 Å². The molecule has 1 saturated heterocycles. The van der Waals surface area contributed by atoms with Crippen LogP contribution in [0.15, 0.2) is 60.8 Å². The highest BCUT2D eigenvalue weighted by Crippen LogP contribution is 2.19. The number of H-pyrrole nitrogens is 1. The molecule has 0 saturated carbocycles. The highest BCUT2D eigenvalue weighted by atomic mass is 16.5. The molecule has 1 atom stereocenters. The van der Waals surface area contributed by atoms with Gasteiger partial charge >= 0.3 is 0 Å². The molecule has 1 aromatic heterocycles. The number of hydrogen-bond donors (Lipinski definition) is 2. The number of carbonyl (C=O) groups excluding carboxylic acids is 1. The van der Waals surface area contributed by atoms with Gasteiger partial charge in [0, 0.05) is 49.7 Å². The third-order valence-electron chi connectivity index (χ3n) is 5.52. The lowest BCUT2D eigenvalue weighted by Crippen LogP contribution is -2.47. The summed E-state index contributed by atoms with van der Waals surface area (Å²) in [7, 11) is 0. The van der Waals surface area contributed by atoms with Crippen LogP contribution in [0.5, 0.6) is 0 Å². The molecule has 4 rings (SSSR count). The first-order valence-corrected chi connectivity index (χ1v) is 10.5. The Morgan fingerprint density at radius 3 is 2.86 bits per heavy atom. The lowest BCUT2D eigenvalue weighted by atomic mass is 10.1. The second kappa shape index (κ2) is 9.72. The van der Waals surface area contributed by atoms with Crippen LogP contribution >= 0.6 is 0 Å². The Morgan fingerprint density at radius 1 is 1.14 bits per heavy atom. The predicted molar refractivity (Wildman–Crippen MR) is 116 cm³/mol. The molecule has 1 unspecified atom stereocenters. The van der Waals surface area contributed by atoms with Crippen molar-refractivity contribution in [3.63, 3.8) is 0 Å². The average molecular weight is 392 g/mol. The van der Waals surface area contributed by atoms with Crippen LogP contribution in [-0.2, 0) is 22.5 Å². The quantitative estimate of drug-likeness (QED) is 0.618. The largest absolute Gasteiger partial charge is 0.374 e. The first-order chi connectivity index (χ1) is 14.3. The maximum absolute atomic E-state index is 12.3. The van der Waals surface area contributed by atoms with Crippen LogP contribution in [0.2, 0.25) is 0 Å². The number of benzene rings is 2. The number of nitrogens with one attached hydrogen (secondary N) is 2. The highest BCUT2D eigenvalue weighted by Gasteiger charge is 2.21. The van der Waals surface area contributed by atoms with E-state index in [9.17, 15) is 4.79 Å². The van der Waals surface area contributed by atoms with E-state index in [-0.39, 0.29) is 12.0 Å². The van der Waals surface area contributed by atoms with Gasteiger partial charge in [0.1, 0.15) is 0 Å². The summed E-state index contributed by atoms with van der Waals surface area (Å²) in [5, 5.41) is 4.31. The molecule has 1 aliphatic heterocycles. The van der Waals surface area contributed by atoms with Crippen molar-refractivity contribution in [2.24, 2.45) is 0 Å². The summed E-state index contributed by atoms with van der Waals surface area (Å²) in [5.41, 5.74) is 3.75. The zero-order chi connectivity index (χ0) is 19.9. The second-order valence-electron chi connectivity index (χ2n) is 7.73. The zero-order valence-electron chi connectivity index (χ0n) is 16.8. The number of ether oxygens (including phenoxy) is 1. The van der Waals surface area contributed by atoms with Crippen molar-refractivity contribution < 1.29 is 9.53 Å². The molecule has 2 heterocycles. The summed E-state index contributed by atoms with van der Waals surface area (Å²) in [4.78, 5) is 18.0. The number of aryl methyl sites for hydroxylation is 1. The Morgan fingerprint density at radius 2 is 1.97 bits per heavy atom. The number of para-hydroxylation sites is 1. The van der Waals surface area contributed by atoms with Crippen molar-refractivity contribution >= 4 is 16.8 Å². The molecule has 0 aliphatic carbocycles. The lowest BCUT2D eigenvalue weighted by Gasteiger charge is -2.33. The van der Waals surface area contributed by atoms with Gasteiger partial charge in [-0.05, 0) is 30.0 Å². The molecule has 5 nitrogen and oxygen atoms in total. The van der Waals surface area contributed by atoms with Crippen molar-refractivity contribution in [1.29, 1.82) is 0 Å². The number of rotatable bonds is 8. The number of nitrogens with zero attached hydrogens (tertiary/aromatic N) is 1. The van der Waals surface area contributed by atoms with E-state index in [1.54, 1.807) is 0 Å². The standard InChI is InChI=1S/C24H29N3O2/c28-24(12-6-9-20-15-25-23-11-5-4-10-22(20)23)26-16-21-18-27(13-14-29-21)17-19-7-2-1-3-8-19/h1-5,7-8,10-11,15,21,25H,6,9,12-14,16-18H2,(H,26,28). The van der Waals surface area contributed by atoms with Crippen LogP contribution in [0.3, 0.4) is 0 Å². The number of hydrogen-bond acceptors (Lipinski definition) is 3. The van der Waals surface area contributed by atoms with Crippen molar-refractivity contribution in [3.05, 3.63) is 71.9 Å². The number of aromatic nitrogens is 1. The van der Waals surface area contributed by atoms with Gasteiger partial charge < -0.3 is 15.0 Å². The van der Waals surface area contributed by atoms with Crippen LogP contribution in [0.4, 0.5) is 0 Å². The SMILES string of the molecule is O=C(CCCc1c[nH]c2ccccc12)NCC1CN(Cc2ccccc2)CCO1. The van der Waals surface area contributed by atoms with Gasteiger partial charge in [-0.3, -0.25) is 9.69 Å². The van der Waals surface area contributed by atoms with E-state index in [1.165, 1.54) is 16.5 Å². The molecule has 2 aromatic carbocycles. The van der Waals surface area contributed by atoms with Gasteiger partial charge in [-0.1, -0.05) is 48.5 Å². The first-order valence-electron chi connectivity index (χ1n) is 10.5. The van der Waals surface area contributed by atoms with E-state index in [0.717, 1.165) is 38.0 Å². The van der Waals surface area contributed by atoms with Crippen LogP contribution in [0.1, 0.15) is 24.0 Å². The predicted octanol–water partition coefficient (Wildman–Crippen LogP) is 3.51. The van der Waals surface area contributed by atoms with Crippen molar-refractivity contribution in [2.75, 3.05) is 26.2 Å². The Kier molecular flexibility index (Phi) is 6.60. The van der Waals surface area contributed by atoms with Gasteiger partial charge in [-0.15, -0.1) is 0 Å². The van der Waals surface area contributed by atoms with Crippen LogP contribution < -0.4 is 5.32 Å². The molecular formula is C24H29N3O2. The number of aromatic amines is 1. The highest BCUT2D eigenvalue weighted by molar-refractivity contribution is 5.83. The molecule has 0 spiro atoms. The normalized spacial score (nSPS) is 17.4. The van der Waals surface area contributed by atoms with Gasteiger partial charge in [-0.25, -0.2) is 0 Å². The van der Waals surface area contributed by atoms with Gasteiger partial charge in [0.25, 0.3) is 0 Å². The third-order valence-corrected chi connectivity index (χ3v) is 5.52. The summed E-state index contributed by atoms with van der Waals surface area (Å²) < 4.78 is 5.85. The third kappa shape index (κ3) is 5.46. The molecule has 3 aromatic rings. The molecule has 152 valence electrons. The van der Waals surface area contributed by atoms with E-state index < -0.39 is 0 Å². The van der Waals surface area contributed by atoms with E-state index in [2.05, 4.69) is 63.9 Å². The van der Waals surface area contributed by atoms with Crippen molar-refractivity contribution in [1.82, 2.24) is 15.2 Å². The molecule has 1 amide bonds. The second-order valence-corrected chi connectivity index (χ2v) is 7.73. The number of amides is 1. The van der Waals surface area contributed by atoms with E-state index in [1.807, 2.05) is 12.1 Å². The minimum absolute atomic E-state index is 0.0602. The summed E-state index contributed by atoms with van der Waals surface area (Å²) in [5.74, 6) is 0.105. The van der Waals surface area contributed by atoms with Crippen LogP contribution in [-0.4, -0.2) is 48.1 Å². The van der Waals surface area contributed by atoms with Gasteiger partial charge in [-0.2, -0.15) is 0 Å². The smallest absolute Gasteiger partial charge is 0.220 e. The molecule has 1 aliphatic rings. The molecular weight excluding hydrogens is 362 g/mol. The molecule has 29 heavy (non-hydrogen) atoms. The van der Waals surface area contributed by atoms with E-state index in [4.69, 9.17) is 4.74 Å². The van der Waals surface area contributed by atoms with Gasteiger partial charge in [0.2, 0.25) is 5.91 Å². The molecule has 0 radical (unpaired) electrons. The lowest BCUT2D eigenvalue weighted by molar-refractivity contribution is -0.122. The fraction of sp³-hybridized carbons (Fsp3) is 0.375. The molecule has 5 heteroatoms.